The van der Waals surface area contributed by atoms with Gasteiger partial charge >= 0.3 is 0 Å². The van der Waals surface area contributed by atoms with Crippen LogP contribution in [0.25, 0.3) is 16.5 Å². The number of aryl methyl sites for hydroxylation is 1. The van der Waals surface area contributed by atoms with Crippen LogP contribution < -0.4 is 9.64 Å². The van der Waals surface area contributed by atoms with Crippen molar-refractivity contribution in [3.63, 3.8) is 0 Å². The third-order valence-electron chi connectivity index (χ3n) is 6.08. The molecule has 168 valence electrons. The zero-order chi connectivity index (χ0) is 23.8. The van der Waals surface area contributed by atoms with Crippen LogP contribution in [0.1, 0.15) is 22.7 Å². The van der Waals surface area contributed by atoms with Crippen molar-refractivity contribution in [2.45, 2.75) is 13.0 Å². The van der Waals surface area contributed by atoms with Crippen LogP contribution in [-0.2, 0) is 9.59 Å². The topological polar surface area (TPSA) is 79.7 Å². The molecule has 0 bridgehead atoms. The molecule has 6 heteroatoms. The van der Waals surface area contributed by atoms with Gasteiger partial charge in [-0.2, -0.15) is 0 Å². The highest BCUT2D eigenvalue weighted by molar-refractivity contribution is 6.52. The van der Waals surface area contributed by atoms with Crippen molar-refractivity contribution < 1.29 is 19.4 Å². The fourth-order valence-corrected chi connectivity index (χ4v) is 4.50. The SMILES string of the molecule is COc1ccc(C)cc1/C(O)=C1\C(=O)C(=O)N(c2cccc3ccccc23)C1c1cccnc1. The van der Waals surface area contributed by atoms with Crippen molar-refractivity contribution in [3.05, 3.63) is 107 Å². The number of hydrogen-bond donors (Lipinski definition) is 1. The Hall–Kier alpha value is -4.45. The molecule has 1 aromatic heterocycles. The lowest BCUT2D eigenvalue weighted by Crippen LogP contribution is -2.29. The number of anilines is 1. The number of Topliss-reactive ketones (excluding diaryl/α,β-unsaturated/α-hetero) is 1. The quantitative estimate of drug-likeness (QED) is 0.263. The van der Waals surface area contributed by atoms with Crippen LogP contribution in [0.4, 0.5) is 5.69 Å². The molecule has 1 saturated heterocycles. The molecule has 1 unspecified atom stereocenters. The number of fused-ring (bicyclic) bond motifs is 1. The summed E-state index contributed by atoms with van der Waals surface area (Å²) in [5.41, 5.74) is 2.43. The van der Waals surface area contributed by atoms with Crippen LogP contribution in [0.15, 0.2) is 90.8 Å². The second-order valence-electron chi connectivity index (χ2n) is 8.16. The summed E-state index contributed by atoms with van der Waals surface area (Å²) in [6.07, 6.45) is 3.23. The Morgan fingerprint density at radius 1 is 1.00 bits per heavy atom. The van der Waals surface area contributed by atoms with Crippen molar-refractivity contribution in [1.82, 2.24) is 4.98 Å². The van der Waals surface area contributed by atoms with E-state index in [9.17, 15) is 14.7 Å². The summed E-state index contributed by atoms with van der Waals surface area (Å²) in [5, 5.41) is 13.2. The Balaban J connectivity index is 1.80. The second kappa shape index (κ2) is 8.48. The molecule has 1 aliphatic rings. The molecule has 0 aliphatic carbocycles. The van der Waals surface area contributed by atoms with E-state index in [0.717, 1.165) is 16.3 Å². The van der Waals surface area contributed by atoms with Gasteiger partial charge in [0.1, 0.15) is 11.5 Å². The monoisotopic (exact) mass is 450 g/mol. The summed E-state index contributed by atoms with van der Waals surface area (Å²) < 4.78 is 5.44. The average Bonchev–Trinajstić information content (AvgIpc) is 3.14. The molecular formula is C28H22N2O4. The third kappa shape index (κ3) is 3.40. The molecule has 0 saturated carbocycles. The molecule has 1 fully saturated rings. The number of carbonyl (C=O) groups excluding carboxylic acids is 2. The van der Waals surface area contributed by atoms with Gasteiger partial charge in [0.05, 0.1) is 30.0 Å². The molecule has 4 aromatic rings. The fraction of sp³-hybridized carbons (Fsp3) is 0.107. The highest BCUT2D eigenvalue weighted by Crippen LogP contribution is 2.44. The van der Waals surface area contributed by atoms with Crippen molar-refractivity contribution in [1.29, 1.82) is 0 Å². The van der Waals surface area contributed by atoms with Gasteiger partial charge in [0, 0.05) is 17.8 Å². The first kappa shape index (κ1) is 21.4. The first-order chi connectivity index (χ1) is 16.5. The van der Waals surface area contributed by atoms with E-state index in [4.69, 9.17) is 4.74 Å². The van der Waals surface area contributed by atoms with E-state index in [1.807, 2.05) is 55.5 Å². The highest BCUT2D eigenvalue weighted by Gasteiger charge is 2.47. The number of carbonyl (C=O) groups is 2. The average molecular weight is 450 g/mol. The molecule has 1 aliphatic heterocycles. The number of methoxy groups -OCH3 is 1. The van der Waals surface area contributed by atoms with E-state index in [0.29, 0.717) is 22.6 Å². The van der Waals surface area contributed by atoms with E-state index in [1.54, 1.807) is 36.7 Å². The number of ketones is 1. The van der Waals surface area contributed by atoms with E-state index < -0.39 is 17.7 Å². The first-order valence-corrected chi connectivity index (χ1v) is 10.8. The summed E-state index contributed by atoms with van der Waals surface area (Å²) in [4.78, 5) is 32.6. The van der Waals surface area contributed by atoms with Crippen LogP contribution in [0.3, 0.4) is 0 Å². The minimum absolute atomic E-state index is 0.00478. The number of amides is 1. The Morgan fingerprint density at radius 2 is 1.79 bits per heavy atom. The van der Waals surface area contributed by atoms with Gasteiger partial charge in [0.15, 0.2) is 0 Å². The molecule has 0 radical (unpaired) electrons. The Bertz CT molecular complexity index is 1450. The lowest BCUT2D eigenvalue weighted by atomic mass is 9.95. The molecule has 2 heterocycles. The maximum atomic E-state index is 13.5. The number of aliphatic hydroxyl groups is 1. The Morgan fingerprint density at radius 3 is 2.56 bits per heavy atom. The second-order valence-corrected chi connectivity index (χ2v) is 8.16. The van der Waals surface area contributed by atoms with E-state index >= 15 is 0 Å². The maximum Gasteiger partial charge on any atom is 0.300 e. The number of benzene rings is 3. The predicted molar refractivity (Wildman–Crippen MR) is 131 cm³/mol. The zero-order valence-corrected chi connectivity index (χ0v) is 18.7. The highest BCUT2D eigenvalue weighted by atomic mass is 16.5. The van der Waals surface area contributed by atoms with Crippen molar-refractivity contribution in [3.8, 4) is 5.75 Å². The number of rotatable bonds is 4. The Kier molecular flexibility index (Phi) is 5.34. The van der Waals surface area contributed by atoms with Gasteiger partial charge in [0.25, 0.3) is 11.7 Å². The maximum absolute atomic E-state index is 13.5. The molecule has 5 rings (SSSR count). The normalized spacial score (nSPS) is 17.4. The van der Waals surface area contributed by atoms with Crippen molar-refractivity contribution >= 4 is 33.9 Å². The Labute approximate surface area is 196 Å². The molecule has 1 atom stereocenters. The van der Waals surface area contributed by atoms with Crippen LogP contribution in [0.2, 0.25) is 0 Å². The van der Waals surface area contributed by atoms with Gasteiger partial charge in [-0.25, -0.2) is 0 Å². The van der Waals surface area contributed by atoms with Gasteiger partial charge in [-0.1, -0.05) is 54.1 Å². The van der Waals surface area contributed by atoms with Gasteiger partial charge in [0.2, 0.25) is 0 Å². The predicted octanol–water partition coefficient (Wildman–Crippen LogP) is 5.18. The smallest absolute Gasteiger partial charge is 0.300 e. The van der Waals surface area contributed by atoms with Crippen LogP contribution >= 0.6 is 0 Å². The summed E-state index contributed by atoms with van der Waals surface area (Å²) in [7, 11) is 1.49. The molecule has 1 N–H and O–H groups in total. The standard InChI is InChI=1S/C28H22N2O4/c1-17-12-13-23(34-2)21(15-17)26(31)24-25(19-9-6-14-29-16-19)30(28(33)27(24)32)22-11-5-8-18-7-3-4-10-20(18)22/h3-16,25,31H,1-2H3/b26-24+. The first-order valence-electron chi connectivity index (χ1n) is 10.8. The van der Waals surface area contributed by atoms with E-state index in [1.165, 1.54) is 12.0 Å². The van der Waals surface area contributed by atoms with Crippen LogP contribution in [0, 0.1) is 6.92 Å². The number of pyridine rings is 1. The number of nitrogens with zero attached hydrogens (tertiary/aromatic N) is 2. The van der Waals surface area contributed by atoms with Crippen LogP contribution in [0.5, 0.6) is 5.75 Å². The summed E-state index contributed by atoms with van der Waals surface area (Å²) in [5.74, 6) is -1.35. The lowest BCUT2D eigenvalue weighted by molar-refractivity contribution is -0.132. The van der Waals surface area contributed by atoms with Crippen LogP contribution in [-0.4, -0.2) is 28.9 Å². The fourth-order valence-electron chi connectivity index (χ4n) is 4.50. The van der Waals surface area contributed by atoms with Gasteiger partial charge < -0.3 is 9.84 Å². The van der Waals surface area contributed by atoms with Gasteiger partial charge in [-0.15, -0.1) is 0 Å². The van der Waals surface area contributed by atoms with E-state index in [-0.39, 0.29) is 11.3 Å². The number of aromatic nitrogens is 1. The van der Waals surface area contributed by atoms with Gasteiger partial charge in [-0.05, 0) is 42.1 Å². The van der Waals surface area contributed by atoms with Crippen molar-refractivity contribution in [2.24, 2.45) is 0 Å². The molecule has 1 amide bonds. The number of ether oxygens (including phenoxy) is 1. The number of aliphatic hydroxyl groups excluding tert-OH is 1. The summed E-state index contributed by atoms with van der Waals surface area (Å²) >= 11 is 0. The minimum Gasteiger partial charge on any atom is -0.507 e. The summed E-state index contributed by atoms with van der Waals surface area (Å²) in [6, 6.07) is 21.3. The molecule has 0 spiro atoms. The third-order valence-corrected chi connectivity index (χ3v) is 6.08. The van der Waals surface area contributed by atoms with Crippen molar-refractivity contribution in [2.75, 3.05) is 12.0 Å². The molecule has 3 aromatic carbocycles. The largest absolute Gasteiger partial charge is 0.507 e. The summed E-state index contributed by atoms with van der Waals surface area (Å²) in [6.45, 7) is 1.88. The molecular weight excluding hydrogens is 428 g/mol. The zero-order valence-electron chi connectivity index (χ0n) is 18.7. The molecule has 6 nitrogen and oxygen atoms in total. The lowest BCUT2D eigenvalue weighted by Gasteiger charge is -2.26. The van der Waals surface area contributed by atoms with E-state index in [2.05, 4.69) is 4.98 Å². The van der Waals surface area contributed by atoms with Gasteiger partial charge in [-0.3, -0.25) is 19.5 Å². The number of hydrogen-bond acceptors (Lipinski definition) is 5. The minimum atomic E-state index is -0.857. The molecule has 34 heavy (non-hydrogen) atoms.